The van der Waals surface area contributed by atoms with E-state index in [2.05, 4.69) is 121 Å². The number of benzene rings is 7. The first-order valence-corrected chi connectivity index (χ1v) is 18.5. The van der Waals surface area contributed by atoms with Crippen molar-refractivity contribution < 1.29 is 4.42 Å². The van der Waals surface area contributed by atoms with Gasteiger partial charge in [0.1, 0.15) is 11.2 Å². The van der Waals surface area contributed by atoms with Crippen molar-refractivity contribution in [2.24, 2.45) is 0 Å². The van der Waals surface area contributed by atoms with E-state index < -0.39 is 0 Å². The lowest BCUT2D eigenvalue weighted by atomic mass is 10.00. The Morgan fingerprint density at radius 3 is 1.80 bits per heavy atom. The van der Waals surface area contributed by atoms with Gasteiger partial charge in [-0.05, 0) is 24.3 Å². The molecule has 11 aromatic rings. The molecule has 0 spiro atoms. The summed E-state index contributed by atoms with van der Waals surface area (Å²) >= 11 is 3.59. The minimum Gasteiger partial charge on any atom is -0.455 e. The van der Waals surface area contributed by atoms with E-state index in [1.807, 2.05) is 30.3 Å². The van der Waals surface area contributed by atoms with E-state index in [1.54, 1.807) is 22.7 Å². The summed E-state index contributed by atoms with van der Waals surface area (Å²) < 4.78 is 11.3. The first kappa shape index (κ1) is 28.6. The maximum absolute atomic E-state index is 6.46. The van der Waals surface area contributed by atoms with Crippen LogP contribution in [0.15, 0.2) is 156 Å². The molecule has 11 rings (SSSR count). The summed E-state index contributed by atoms with van der Waals surface area (Å²) in [6.45, 7) is 0. The monoisotopic (exact) mass is 687 g/mol. The molecule has 0 radical (unpaired) electrons. The molecule has 6 heteroatoms. The maximum Gasteiger partial charge on any atom is 0.165 e. The maximum atomic E-state index is 6.46. The van der Waals surface area contributed by atoms with Crippen LogP contribution in [0.4, 0.5) is 0 Å². The van der Waals surface area contributed by atoms with E-state index in [-0.39, 0.29) is 0 Å². The van der Waals surface area contributed by atoms with E-state index >= 15 is 0 Å². The summed E-state index contributed by atoms with van der Waals surface area (Å²) in [5.41, 5.74) is 7.03. The summed E-state index contributed by atoms with van der Waals surface area (Å²) in [6.07, 6.45) is 0. The van der Waals surface area contributed by atoms with Gasteiger partial charge in [-0.3, -0.25) is 0 Å². The van der Waals surface area contributed by atoms with E-state index in [9.17, 15) is 0 Å². The Kier molecular flexibility index (Phi) is 6.26. The van der Waals surface area contributed by atoms with Crippen molar-refractivity contribution in [3.63, 3.8) is 0 Å². The molecule has 0 N–H and O–H groups in total. The molecule has 4 aromatic heterocycles. The fourth-order valence-electron chi connectivity index (χ4n) is 7.37. The summed E-state index contributed by atoms with van der Waals surface area (Å²) in [7, 11) is 0. The van der Waals surface area contributed by atoms with Crippen LogP contribution in [0, 0.1) is 0 Å². The van der Waals surface area contributed by atoms with Crippen LogP contribution < -0.4 is 0 Å². The SMILES string of the molecule is c1ccc(-c2nc(-c3ccc4c(c3)sc3c(-c5cccc6c5oc5ccccc56)cccc34)nc(-c3cccc4c3sc3ccccc34)n2)cc1. The third-order valence-corrected chi connectivity index (χ3v) is 12.2. The van der Waals surface area contributed by atoms with Gasteiger partial charge in [0.25, 0.3) is 0 Å². The molecule has 4 heterocycles. The van der Waals surface area contributed by atoms with Gasteiger partial charge in [-0.2, -0.15) is 0 Å². The molecule has 0 saturated carbocycles. The van der Waals surface area contributed by atoms with Gasteiger partial charge in [0.15, 0.2) is 17.5 Å². The van der Waals surface area contributed by atoms with Gasteiger partial charge in [0, 0.05) is 78.9 Å². The van der Waals surface area contributed by atoms with Crippen LogP contribution in [0.5, 0.6) is 0 Å². The minimum atomic E-state index is 0.656. The lowest BCUT2D eigenvalue weighted by Gasteiger charge is -2.09. The molecule has 0 aliphatic rings. The highest BCUT2D eigenvalue weighted by atomic mass is 32.1. The number of rotatable bonds is 4. The smallest absolute Gasteiger partial charge is 0.165 e. The Morgan fingerprint density at radius 2 is 0.961 bits per heavy atom. The van der Waals surface area contributed by atoms with E-state index in [1.165, 1.54) is 45.9 Å². The van der Waals surface area contributed by atoms with Crippen LogP contribution in [0.2, 0.25) is 0 Å². The molecule has 0 saturated heterocycles. The van der Waals surface area contributed by atoms with E-state index in [0.717, 1.165) is 44.2 Å². The lowest BCUT2D eigenvalue weighted by molar-refractivity contribution is 0.670. The predicted molar refractivity (Wildman–Crippen MR) is 215 cm³/mol. The normalized spacial score (nSPS) is 11.9. The number of fused-ring (bicyclic) bond motifs is 9. The molecule has 4 nitrogen and oxygen atoms in total. The second kappa shape index (κ2) is 11.2. The molecule has 0 unspecified atom stereocenters. The van der Waals surface area contributed by atoms with Crippen molar-refractivity contribution in [3.8, 4) is 45.3 Å². The number of furan rings is 1. The van der Waals surface area contributed by atoms with Crippen molar-refractivity contribution in [2.75, 3.05) is 0 Å². The Labute approximate surface area is 299 Å². The zero-order valence-electron chi connectivity index (χ0n) is 27.0. The van der Waals surface area contributed by atoms with Crippen molar-refractivity contribution in [1.82, 2.24) is 15.0 Å². The lowest BCUT2D eigenvalue weighted by Crippen LogP contribution is -2.00. The number of nitrogens with zero attached hydrogens (tertiary/aromatic N) is 3. The van der Waals surface area contributed by atoms with Crippen LogP contribution in [0.3, 0.4) is 0 Å². The third kappa shape index (κ3) is 4.47. The average Bonchev–Trinajstić information content (AvgIpc) is 3.89. The molecular weight excluding hydrogens is 663 g/mol. The van der Waals surface area contributed by atoms with Gasteiger partial charge in [-0.1, -0.05) is 127 Å². The van der Waals surface area contributed by atoms with E-state index in [0.29, 0.717) is 17.5 Å². The molecule has 0 fully saturated rings. The highest BCUT2D eigenvalue weighted by Crippen LogP contribution is 2.45. The third-order valence-electron chi connectivity index (χ3n) is 9.76. The molecule has 51 heavy (non-hydrogen) atoms. The summed E-state index contributed by atoms with van der Waals surface area (Å²) in [5, 5.41) is 7.18. The number of aromatic nitrogens is 3. The largest absolute Gasteiger partial charge is 0.455 e. The molecule has 238 valence electrons. The van der Waals surface area contributed by atoms with Crippen LogP contribution in [-0.4, -0.2) is 15.0 Å². The fourth-order valence-corrected chi connectivity index (χ4v) is 9.86. The highest BCUT2D eigenvalue weighted by molar-refractivity contribution is 7.26. The van der Waals surface area contributed by atoms with Gasteiger partial charge in [-0.15, -0.1) is 22.7 Å². The molecule has 0 aliphatic carbocycles. The Balaban J connectivity index is 1.10. The minimum absolute atomic E-state index is 0.656. The molecular formula is C45H25N3OS2. The van der Waals surface area contributed by atoms with Crippen molar-refractivity contribution in [3.05, 3.63) is 152 Å². The standard InChI is InChI=1S/C45H25N3OS2/c1-2-11-26(12-3-1)43-46-44(48-45(47-43)36-20-10-18-33-29-14-5-7-22-38(29)50-42(33)36)27-23-24-30-34-17-9-19-35(41(34)51-39(30)25-27)32-16-8-15-31-28-13-4-6-21-37(28)49-40(31)32/h1-25H. The summed E-state index contributed by atoms with van der Waals surface area (Å²) in [5.74, 6) is 1.99. The van der Waals surface area contributed by atoms with Crippen LogP contribution in [0.1, 0.15) is 0 Å². The van der Waals surface area contributed by atoms with Crippen LogP contribution >= 0.6 is 22.7 Å². The van der Waals surface area contributed by atoms with Crippen molar-refractivity contribution >= 4 is 85.0 Å². The zero-order valence-corrected chi connectivity index (χ0v) is 28.6. The summed E-state index contributed by atoms with van der Waals surface area (Å²) in [4.78, 5) is 15.3. The average molecular weight is 688 g/mol. The number of para-hydroxylation sites is 2. The number of hydrogen-bond donors (Lipinski definition) is 0. The fraction of sp³-hybridized carbons (Fsp3) is 0. The molecule has 0 atom stereocenters. The molecule has 0 bridgehead atoms. The molecule has 7 aromatic carbocycles. The molecule has 0 aliphatic heterocycles. The second-order valence-corrected chi connectivity index (χ2v) is 14.8. The Morgan fingerprint density at radius 1 is 0.373 bits per heavy atom. The van der Waals surface area contributed by atoms with Crippen molar-refractivity contribution in [1.29, 1.82) is 0 Å². The van der Waals surface area contributed by atoms with Crippen LogP contribution in [-0.2, 0) is 0 Å². The predicted octanol–water partition coefficient (Wildman–Crippen LogP) is 13.2. The second-order valence-electron chi connectivity index (χ2n) is 12.7. The number of hydrogen-bond acceptors (Lipinski definition) is 6. The number of thiophene rings is 2. The zero-order chi connectivity index (χ0) is 33.5. The summed E-state index contributed by atoms with van der Waals surface area (Å²) in [6, 6.07) is 53.1. The van der Waals surface area contributed by atoms with Gasteiger partial charge in [0.05, 0.1) is 0 Å². The molecule has 0 amide bonds. The van der Waals surface area contributed by atoms with Gasteiger partial charge in [0.2, 0.25) is 0 Å². The van der Waals surface area contributed by atoms with Gasteiger partial charge >= 0.3 is 0 Å². The quantitative estimate of drug-likeness (QED) is 0.185. The topological polar surface area (TPSA) is 51.8 Å². The van der Waals surface area contributed by atoms with Crippen molar-refractivity contribution in [2.45, 2.75) is 0 Å². The van der Waals surface area contributed by atoms with Gasteiger partial charge < -0.3 is 4.42 Å². The van der Waals surface area contributed by atoms with Crippen LogP contribution in [0.25, 0.3) is 108 Å². The first-order chi connectivity index (χ1) is 25.3. The first-order valence-electron chi connectivity index (χ1n) is 16.9. The Bertz CT molecular complexity index is 3160. The van der Waals surface area contributed by atoms with Gasteiger partial charge in [-0.25, -0.2) is 15.0 Å². The van der Waals surface area contributed by atoms with E-state index in [4.69, 9.17) is 19.4 Å². The Hall–Kier alpha value is -6.21. The highest BCUT2D eigenvalue weighted by Gasteiger charge is 2.19.